The second-order valence-electron chi connectivity index (χ2n) is 2.11. The molecule has 0 aromatic heterocycles. The van der Waals surface area contributed by atoms with E-state index in [9.17, 15) is 18.9 Å². The van der Waals surface area contributed by atoms with Crippen LogP contribution in [0, 0.1) is 10.1 Å². The Morgan fingerprint density at radius 3 is 2.36 bits per heavy atom. The van der Waals surface area contributed by atoms with E-state index < -0.39 is 16.0 Å². The molecule has 14 heavy (non-hydrogen) atoms. The minimum atomic E-state index is -2.36. The number of hydrogen-bond acceptors (Lipinski definition) is 4. The van der Waals surface area contributed by atoms with Crippen LogP contribution in [0.25, 0.3) is 0 Å². The summed E-state index contributed by atoms with van der Waals surface area (Å²) in [6.07, 6.45) is 0. The topological polar surface area (TPSA) is 83.3 Å². The fourth-order valence-corrected chi connectivity index (χ4v) is 1.81. The maximum Gasteiger partial charge on any atom is 1.00 e. The summed E-state index contributed by atoms with van der Waals surface area (Å²) in [6, 6.07) is 3.49. The predicted octanol–water partition coefficient (Wildman–Crippen LogP) is -1.40. The van der Waals surface area contributed by atoms with Crippen LogP contribution < -0.4 is 29.6 Å². The molecule has 0 aliphatic rings. The van der Waals surface area contributed by atoms with E-state index >= 15 is 0 Å². The molecular weight excluding hydrogens is 285 g/mol. The van der Waals surface area contributed by atoms with Crippen LogP contribution in [0.1, 0.15) is 0 Å². The van der Waals surface area contributed by atoms with Crippen molar-refractivity contribution in [3.63, 3.8) is 0 Å². The Hall–Kier alpha value is 0.210. The van der Waals surface area contributed by atoms with Gasteiger partial charge in [-0.15, -0.1) is 0 Å². The van der Waals surface area contributed by atoms with Crippen LogP contribution in [0.2, 0.25) is 0 Å². The van der Waals surface area contributed by atoms with E-state index in [1.54, 1.807) is 0 Å². The number of halogens is 1. The van der Waals surface area contributed by atoms with Crippen LogP contribution >= 0.6 is 15.9 Å². The van der Waals surface area contributed by atoms with Gasteiger partial charge in [-0.2, -0.15) is 0 Å². The number of nitro groups is 1. The van der Waals surface area contributed by atoms with Gasteiger partial charge in [0.2, 0.25) is 0 Å². The van der Waals surface area contributed by atoms with E-state index in [0.29, 0.717) is 0 Å². The second kappa shape index (κ2) is 5.94. The zero-order chi connectivity index (χ0) is 10.0. The van der Waals surface area contributed by atoms with Crippen LogP contribution in [0.15, 0.2) is 27.6 Å². The van der Waals surface area contributed by atoms with Crippen molar-refractivity contribution in [3.8, 4) is 0 Å². The molecule has 5 nitrogen and oxygen atoms in total. The Bertz CT molecular complexity index is 386. The van der Waals surface area contributed by atoms with Gasteiger partial charge in [0.25, 0.3) is 5.69 Å². The monoisotopic (exact) mass is 287 g/mol. The van der Waals surface area contributed by atoms with Gasteiger partial charge < -0.3 is 4.55 Å². The molecule has 1 unspecified atom stereocenters. The van der Waals surface area contributed by atoms with Crippen LogP contribution in [0.5, 0.6) is 0 Å². The first-order chi connectivity index (χ1) is 6.02. The molecule has 1 rings (SSSR count). The van der Waals surface area contributed by atoms with Crippen molar-refractivity contribution >= 4 is 32.7 Å². The van der Waals surface area contributed by atoms with Gasteiger partial charge in [-0.3, -0.25) is 14.3 Å². The second-order valence-corrected chi connectivity index (χ2v) is 3.90. The molecule has 1 aromatic carbocycles. The summed E-state index contributed by atoms with van der Waals surface area (Å²) in [4.78, 5) is 9.74. The number of nitro benzene ring substituents is 1. The Balaban J connectivity index is 0.00000169. The van der Waals surface area contributed by atoms with Crippen LogP contribution in [0.3, 0.4) is 0 Å². The SMILES string of the molecule is O=[N+]([O-])c1ccc(S(=O)[O-])cc1Br.[Na+]. The van der Waals surface area contributed by atoms with E-state index in [2.05, 4.69) is 15.9 Å². The fraction of sp³-hybridized carbons (Fsp3) is 0. The molecule has 0 spiro atoms. The van der Waals surface area contributed by atoms with Crippen molar-refractivity contribution in [1.29, 1.82) is 0 Å². The van der Waals surface area contributed by atoms with Gasteiger partial charge in [0, 0.05) is 11.0 Å². The van der Waals surface area contributed by atoms with Crippen molar-refractivity contribution in [2.75, 3.05) is 0 Å². The maximum atomic E-state index is 10.4. The number of hydrogen-bond donors (Lipinski definition) is 0. The molecule has 0 heterocycles. The van der Waals surface area contributed by atoms with E-state index in [1.165, 1.54) is 12.1 Å². The average molecular weight is 288 g/mol. The molecule has 0 saturated heterocycles. The van der Waals surface area contributed by atoms with Crippen molar-refractivity contribution < 1.29 is 43.2 Å². The largest absolute Gasteiger partial charge is 1.00 e. The van der Waals surface area contributed by atoms with Gasteiger partial charge in [-0.05, 0) is 39.1 Å². The minimum absolute atomic E-state index is 0. The van der Waals surface area contributed by atoms with Gasteiger partial charge in [-0.25, -0.2) is 0 Å². The third-order valence-corrected chi connectivity index (χ3v) is 2.58. The number of nitrogens with zero attached hydrogens (tertiary/aromatic N) is 1. The van der Waals surface area contributed by atoms with Gasteiger partial charge in [0.1, 0.15) is 0 Å². The summed E-state index contributed by atoms with van der Waals surface area (Å²) >= 11 is 0.538. The molecule has 0 aliphatic carbocycles. The Labute approximate surface area is 113 Å². The first kappa shape index (κ1) is 14.2. The van der Waals surface area contributed by atoms with Crippen LogP contribution in [-0.4, -0.2) is 13.7 Å². The summed E-state index contributed by atoms with van der Waals surface area (Å²) in [5.41, 5.74) is -0.158. The molecule has 1 atom stereocenters. The molecule has 0 aliphatic heterocycles. The summed E-state index contributed by atoms with van der Waals surface area (Å²) in [5, 5.41) is 10.3. The van der Waals surface area contributed by atoms with Crippen LogP contribution in [-0.2, 0) is 11.1 Å². The Morgan fingerprint density at radius 2 is 2.00 bits per heavy atom. The zero-order valence-corrected chi connectivity index (χ0v) is 11.5. The van der Waals surface area contributed by atoms with E-state index in [4.69, 9.17) is 0 Å². The summed E-state index contributed by atoms with van der Waals surface area (Å²) < 4.78 is 21.0. The van der Waals surface area contributed by atoms with Crippen LogP contribution in [0.4, 0.5) is 5.69 Å². The van der Waals surface area contributed by atoms with Crippen molar-refractivity contribution in [2.24, 2.45) is 0 Å². The molecule has 0 fully saturated rings. The van der Waals surface area contributed by atoms with Gasteiger partial charge in [0.05, 0.1) is 9.40 Å². The van der Waals surface area contributed by atoms with Crippen molar-refractivity contribution in [1.82, 2.24) is 0 Å². The normalized spacial score (nSPS) is 11.6. The van der Waals surface area contributed by atoms with E-state index in [0.717, 1.165) is 6.07 Å². The van der Waals surface area contributed by atoms with Gasteiger partial charge in [0.15, 0.2) is 0 Å². The van der Waals surface area contributed by atoms with Gasteiger partial charge >= 0.3 is 29.6 Å². The Morgan fingerprint density at radius 1 is 1.43 bits per heavy atom. The molecule has 8 heteroatoms. The third kappa shape index (κ3) is 3.41. The molecule has 0 bridgehead atoms. The number of benzene rings is 1. The molecule has 0 radical (unpaired) electrons. The molecule has 70 valence electrons. The van der Waals surface area contributed by atoms with Crippen molar-refractivity contribution in [3.05, 3.63) is 32.8 Å². The molecule has 0 amide bonds. The first-order valence-electron chi connectivity index (χ1n) is 3.05. The predicted molar refractivity (Wildman–Crippen MR) is 48.0 cm³/mol. The van der Waals surface area contributed by atoms with Crippen molar-refractivity contribution in [2.45, 2.75) is 4.90 Å². The summed E-state index contributed by atoms with van der Waals surface area (Å²) in [6.45, 7) is 0. The molecular formula is C6H3BrNNaO4S. The quantitative estimate of drug-likeness (QED) is 0.290. The van der Waals surface area contributed by atoms with E-state index in [1.807, 2.05) is 0 Å². The molecule has 0 N–H and O–H groups in total. The number of rotatable bonds is 2. The maximum absolute atomic E-state index is 10.4. The summed E-state index contributed by atoms with van der Waals surface area (Å²) in [5.74, 6) is 0. The molecule has 1 aromatic rings. The average Bonchev–Trinajstić information content (AvgIpc) is 2.03. The third-order valence-electron chi connectivity index (χ3n) is 1.31. The standard InChI is InChI=1S/C6H4BrNO4S.Na/c7-5-3-4(13(11)12)1-2-6(5)8(9)10;/h1-3H,(H,11,12);/q;+1/p-1. The first-order valence-corrected chi connectivity index (χ1v) is 4.92. The Kier molecular flexibility index (Phi) is 6.03. The van der Waals surface area contributed by atoms with Gasteiger partial charge in [-0.1, -0.05) is 0 Å². The minimum Gasteiger partial charge on any atom is -0.768 e. The summed E-state index contributed by atoms with van der Waals surface area (Å²) in [7, 11) is 0. The molecule has 0 saturated carbocycles. The van der Waals surface area contributed by atoms with E-state index in [-0.39, 0.29) is 44.6 Å². The smallest absolute Gasteiger partial charge is 0.768 e. The zero-order valence-electron chi connectivity index (χ0n) is 7.10. The fourth-order valence-electron chi connectivity index (χ4n) is 0.739.